The zero-order valence-electron chi connectivity index (χ0n) is 27.7. The summed E-state index contributed by atoms with van der Waals surface area (Å²) in [5.41, 5.74) is 5.26. The molecule has 0 saturated carbocycles. The Morgan fingerprint density at radius 1 is 0.957 bits per heavy atom. The highest BCUT2D eigenvalue weighted by atomic mass is 32.2. The molecule has 0 fully saturated rings. The normalized spacial score (nSPS) is 14.7. The predicted molar refractivity (Wildman–Crippen MR) is 191 cm³/mol. The van der Waals surface area contributed by atoms with Gasteiger partial charge >= 0.3 is 0 Å². The van der Waals surface area contributed by atoms with E-state index >= 15 is 0 Å². The van der Waals surface area contributed by atoms with Crippen LogP contribution in [0.1, 0.15) is 63.1 Å². The molecule has 3 aromatic rings. The van der Waals surface area contributed by atoms with Crippen LogP contribution in [0.3, 0.4) is 0 Å². The third kappa shape index (κ3) is 11.5. The SMILES string of the molecule is CCC(=C\c1sc2ccc(C)cc2[n+]1CCCS(=O)(=O)[O-])/C=C1/Sc2ccc(C)cc2N1CCCS(=O)(=O)O.CCN(CC)CC. The second kappa shape index (κ2) is 17.2. The van der Waals surface area contributed by atoms with Crippen LogP contribution in [0.4, 0.5) is 5.69 Å². The fourth-order valence-electron chi connectivity index (χ4n) is 5.14. The van der Waals surface area contributed by atoms with Gasteiger partial charge < -0.3 is 14.4 Å². The first-order valence-electron chi connectivity index (χ1n) is 15.7. The summed E-state index contributed by atoms with van der Waals surface area (Å²) in [7, 11) is -8.34. The third-order valence-corrected chi connectivity index (χ3v) is 11.5. The Balaban J connectivity index is 0.000000738. The molecule has 13 heteroatoms. The number of thiazole rings is 1. The molecule has 4 rings (SSSR count). The van der Waals surface area contributed by atoms with Gasteiger partial charge in [0.25, 0.3) is 15.1 Å². The van der Waals surface area contributed by atoms with Gasteiger partial charge in [0.2, 0.25) is 5.52 Å². The second-order valence-corrected chi connectivity index (χ2v) is 16.4. The summed E-state index contributed by atoms with van der Waals surface area (Å²) >= 11 is 3.24. The number of rotatable bonds is 14. The van der Waals surface area contributed by atoms with Crippen LogP contribution in [-0.2, 0) is 26.8 Å². The van der Waals surface area contributed by atoms with Crippen molar-refractivity contribution in [1.29, 1.82) is 0 Å². The van der Waals surface area contributed by atoms with Gasteiger partial charge in [0.15, 0.2) is 6.54 Å². The van der Waals surface area contributed by atoms with Gasteiger partial charge in [-0.25, -0.2) is 8.42 Å². The van der Waals surface area contributed by atoms with Gasteiger partial charge in [-0.3, -0.25) is 4.55 Å². The minimum absolute atomic E-state index is 0.228. The van der Waals surface area contributed by atoms with Crippen molar-refractivity contribution >= 4 is 65.3 Å². The lowest BCUT2D eigenvalue weighted by Crippen LogP contribution is -2.36. The van der Waals surface area contributed by atoms with Gasteiger partial charge in [-0.05, 0) is 87.3 Å². The van der Waals surface area contributed by atoms with Gasteiger partial charge in [-0.1, -0.05) is 62.9 Å². The highest BCUT2D eigenvalue weighted by Gasteiger charge is 2.26. The fourth-order valence-corrected chi connectivity index (χ4v) is 8.40. The molecule has 0 aliphatic carbocycles. The van der Waals surface area contributed by atoms with Crippen LogP contribution in [0.15, 0.2) is 58.0 Å². The number of aryl methyl sites for hydroxylation is 3. The Hall–Kier alpha value is -2.26. The molecule has 2 heterocycles. The number of allylic oxidation sites excluding steroid dienone is 2. The van der Waals surface area contributed by atoms with Crippen molar-refractivity contribution < 1.29 is 30.5 Å². The lowest BCUT2D eigenvalue weighted by Gasteiger charge is -2.21. The summed E-state index contributed by atoms with van der Waals surface area (Å²) in [6, 6.07) is 12.4. The van der Waals surface area contributed by atoms with E-state index in [2.05, 4.69) is 78.5 Å². The zero-order valence-corrected chi connectivity index (χ0v) is 30.9. The quantitative estimate of drug-likeness (QED) is 0.146. The van der Waals surface area contributed by atoms with E-state index in [1.165, 1.54) is 19.6 Å². The minimum atomic E-state index is -4.29. The lowest BCUT2D eigenvalue weighted by atomic mass is 10.1. The van der Waals surface area contributed by atoms with Crippen LogP contribution in [0.2, 0.25) is 0 Å². The molecule has 0 radical (unpaired) electrons. The largest absolute Gasteiger partial charge is 0.748 e. The van der Waals surface area contributed by atoms with E-state index < -0.39 is 26.0 Å². The summed E-state index contributed by atoms with van der Waals surface area (Å²) < 4.78 is 68.7. The maximum Gasteiger partial charge on any atom is 0.264 e. The first-order valence-corrected chi connectivity index (χ1v) is 20.5. The molecule has 46 heavy (non-hydrogen) atoms. The average molecular weight is 710 g/mol. The van der Waals surface area contributed by atoms with Gasteiger partial charge in [-0.15, -0.1) is 0 Å². The molecule has 0 saturated heterocycles. The Bertz CT molecular complexity index is 1760. The van der Waals surface area contributed by atoms with Gasteiger partial charge in [0.05, 0.1) is 26.6 Å². The summed E-state index contributed by atoms with van der Waals surface area (Å²) in [6.07, 6.45) is 5.46. The van der Waals surface area contributed by atoms with Crippen molar-refractivity contribution in [3.05, 3.63) is 69.2 Å². The molecule has 0 spiro atoms. The number of nitrogens with zero attached hydrogens (tertiary/aromatic N) is 3. The van der Waals surface area contributed by atoms with E-state index in [1.807, 2.05) is 26.0 Å². The van der Waals surface area contributed by atoms with Gasteiger partial charge in [0, 0.05) is 35.8 Å². The van der Waals surface area contributed by atoms with Crippen LogP contribution in [0.25, 0.3) is 16.3 Å². The van der Waals surface area contributed by atoms with Crippen LogP contribution >= 0.6 is 23.1 Å². The molecule has 1 N–H and O–H groups in total. The van der Waals surface area contributed by atoms with Crippen molar-refractivity contribution in [3.8, 4) is 0 Å². The molecule has 2 aromatic carbocycles. The maximum absolute atomic E-state index is 11.3. The molecular weight excluding hydrogens is 663 g/mol. The molecule has 9 nitrogen and oxygen atoms in total. The Morgan fingerprint density at radius 2 is 1.61 bits per heavy atom. The van der Waals surface area contributed by atoms with Crippen molar-refractivity contribution in [3.63, 3.8) is 0 Å². The zero-order chi connectivity index (χ0) is 34.1. The molecule has 0 unspecified atom stereocenters. The van der Waals surface area contributed by atoms with Crippen LogP contribution in [0, 0.1) is 13.8 Å². The van der Waals surface area contributed by atoms with E-state index in [-0.39, 0.29) is 18.6 Å². The molecular formula is C33H47N3O6S4. The molecule has 1 aromatic heterocycles. The molecule has 1 aliphatic rings. The molecule has 0 amide bonds. The maximum atomic E-state index is 11.3. The van der Waals surface area contributed by atoms with E-state index in [4.69, 9.17) is 0 Å². The lowest BCUT2D eigenvalue weighted by molar-refractivity contribution is -0.668. The van der Waals surface area contributed by atoms with Crippen molar-refractivity contribution in [2.45, 2.75) is 72.2 Å². The molecule has 0 atom stereocenters. The Labute approximate surface area is 283 Å². The number of hydrogen-bond acceptors (Lipinski definition) is 9. The first-order chi connectivity index (χ1) is 21.7. The summed E-state index contributed by atoms with van der Waals surface area (Å²) in [4.78, 5) is 5.56. The van der Waals surface area contributed by atoms with E-state index in [1.54, 1.807) is 23.1 Å². The van der Waals surface area contributed by atoms with Crippen LogP contribution in [0.5, 0.6) is 0 Å². The Kier molecular flexibility index (Phi) is 14.3. The first kappa shape index (κ1) is 38.2. The summed E-state index contributed by atoms with van der Waals surface area (Å²) in [5.74, 6) is -0.719. The van der Waals surface area contributed by atoms with E-state index in [0.717, 1.165) is 54.0 Å². The standard InChI is InChI=1S/C27H32N2O6S4.C6H15N/c1-4-21(17-26-28(11-5-13-38(30,31)32)22-15-19(2)7-9-24(22)36-26)18-27-29(12-6-14-39(33,34)35)23-16-20(3)8-10-25(23)37-27;1-4-7(5-2)6-3/h7-10,15-18H,4-6,11-14H2,1-3H3,(H-,30,31,32,33,34,35);4-6H2,1-3H3. The number of hydrogen-bond donors (Lipinski definition) is 1. The van der Waals surface area contributed by atoms with Gasteiger partial charge in [-0.2, -0.15) is 13.0 Å². The number of aromatic nitrogens is 1. The molecule has 254 valence electrons. The Morgan fingerprint density at radius 3 is 2.20 bits per heavy atom. The highest BCUT2D eigenvalue weighted by Crippen LogP contribution is 2.47. The fraction of sp³-hybridized carbons (Fsp3) is 0.485. The predicted octanol–water partition coefficient (Wildman–Crippen LogP) is 6.61. The molecule has 0 bridgehead atoms. The number of thioether (sulfide) groups is 1. The van der Waals surface area contributed by atoms with E-state index in [0.29, 0.717) is 13.1 Å². The number of anilines is 1. The smallest absolute Gasteiger partial charge is 0.264 e. The second-order valence-electron chi connectivity index (χ2n) is 11.2. The number of fused-ring (bicyclic) bond motifs is 2. The highest BCUT2D eigenvalue weighted by molar-refractivity contribution is 8.03. The van der Waals surface area contributed by atoms with Crippen molar-refractivity contribution in [2.24, 2.45) is 0 Å². The summed E-state index contributed by atoms with van der Waals surface area (Å²) in [5, 5.41) is 1.93. The third-order valence-electron chi connectivity index (χ3n) is 7.70. The molecule has 1 aliphatic heterocycles. The van der Waals surface area contributed by atoms with Crippen molar-refractivity contribution in [1.82, 2.24) is 4.90 Å². The van der Waals surface area contributed by atoms with E-state index in [9.17, 15) is 25.9 Å². The van der Waals surface area contributed by atoms with Crippen LogP contribution < -0.4 is 9.47 Å². The van der Waals surface area contributed by atoms with Crippen molar-refractivity contribution in [2.75, 3.05) is 42.6 Å². The minimum Gasteiger partial charge on any atom is -0.748 e. The average Bonchev–Trinajstić information content (AvgIpc) is 3.49. The summed E-state index contributed by atoms with van der Waals surface area (Å²) in [6.45, 7) is 17.1. The number of benzene rings is 2. The van der Waals surface area contributed by atoms with Gasteiger partial charge in [0.1, 0.15) is 4.70 Å². The van der Waals surface area contributed by atoms with Crippen LogP contribution in [-0.4, -0.2) is 68.5 Å². The monoisotopic (exact) mass is 709 g/mol. The topological polar surface area (TPSA) is 122 Å².